The minimum atomic E-state index is -0.328. The van der Waals surface area contributed by atoms with Gasteiger partial charge in [0.25, 0.3) is 0 Å². The van der Waals surface area contributed by atoms with E-state index in [1.165, 1.54) is 76.4 Å². The summed E-state index contributed by atoms with van der Waals surface area (Å²) in [5.74, 6) is 1.56. The first kappa shape index (κ1) is 68.0. The van der Waals surface area contributed by atoms with Crippen molar-refractivity contribution in [1.82, 2.24) is 0 Å². The van der Waals surface area contributed by atoms with E-state index in [4.69, 9.17) is 40.0 Å². The van der Waals surface area contributed by atoms with Gasteiger partial charge in [0.2, 0.25) is 0 Å². The number of carbonyl (C=O) groups is 3. The van der Waals surface area contributed by atoms with Crippen LogP contribution in [0.2, 0.25) is 5.02 Å². The number of hydrogen-bond donors (Lipinski definition) is 0. The predicted octanol–water partition coefficient (Wildman–Crippen LogP) is 18.2. The van der Waals surface area contributed by atoms with E-state index in [2.05, 4.69) is 166 Å². The third-order valence-corrected chi connectivity index (χ3v) is 14.2. The zero-order valence-electron chi connectivity index (χ0n) is 51.6. The van der Waals surface area contributed by atoms with Crippen LogP contribution in [-0.2, 0) is 52.0 Å². The highest BCUT2D eigenvalue weighted by Gasteiger charge is 2.31. The van der Waals surface area contributed by atoms with Gasteiger partial charge in [-0.2, -0.15) is 0 Å². The number of ether oxygens (including phenoxy) is 6. The zero-order chi connectivity index (χ0) is 62.3. The summed E-state index contributed by atoms with van der Waals surface area (Å²) in [6.07, 6.45) is 0. The lowest BCUT2D eigenvalue weighted by Gasteiger charge is -2.31. The van der Waals surface area contributed by atoms with Gasteiger partial charge in [-0.25, -0.2) is 0 Å². The van der Waals surface area contributed by atoms with Crippen LogP contribution in [0, 0.1) is 0 Å². The molecule has 0 aromatic heterocycles. The Kier molecular flexibility index (Phi) is 28.1. The average Bonchev–Trinajstić information content (AvgIpc) is 4.12. The molecule has 9 aromatic carbocycles. The summed E-state index contributed by atoms with van der Waals surface area (Å²) in [5.41, 5.74) is 13.1. The third-order valence-electron chi connectivity index (χ3n) is 13.9. The van der Waals surface area contributed by atoms with Crippen molar-refractivity contribution in [3.8, 4) is 22.6 Å². The van der Waals surface area contributed by atoms with Gasteiger partial charge in [0.15, 0.2) is 0 Å². The molecular weight excluding hydrogens is 1090 g/mol. The van der Waals surface area contributed by atoms with E-state index >= 15 is 0 Å². The number of halogens is 1. The van der Waals surface area contributed by atoms with Crippen LogP contribution in [0.4, 0.5) is 0 Å². The highest BCUT2D eigenvalue weighted by Crippen LogP contribution is 2.44. The molecule has 9 aromatic rings. The van der Waals surface area contributed by atoms with Gasteiger partial charge >= 0.3 is 17.9 Å². The second-order valence-electron chi connectivity index (χ2n) is 21.2. The van der Waals surface area contributed by atoms with Crippen LogP contribution in [0.15, 0.2) is 243 Å². The van der Waals surface area contributed by atoms with E-state index in [0.29, 0.717) is 17.5 Å². The summed E-state index contributed by atoms with van der Waals surface area (Å²) in [6, 6.07) is 82.6. The normalized spacial score (nSPS) is 11.0. The van der Waals surface area contributed by atoms with Crippen LogP contribution >= 0.6 is 11.6 Å². The lowest BCUT2D eigenvalue weighted by Crippen LogP contribution is -2.25. The molecular formula is C76H83ClO9. The van der Waals surface area contributed by atoms with Gasteiger partial charge in [0.05, 0.1) is 20.8 Å². The number of esters is 3. The van der Waals surface area contributed by atoms with E-state index in [-0.39, 0.29) is 41.4 Å². The van der Waals surface area contributed by atoms with Gasteiger partial charge in [-0.3, -0.25) is 14.4 Å². The van der Waals surface area contributed by atoms with Crippen LogP contribution in [0.3, 0.4) is 0 Å². The molecule has 0 N–H and O–H groups in total. The summed E-state index contributed by atoms with van der Waals surface area (Å²) >= 11 is 5.82. The third kappa shape index (κ3) is 22.0. The molecule has 0 amide bonds. The molecule has 0 fully saturated rings. The van der Waals surface area contributed by atoms with E-state index in [0.717, 1.165) is 30.3 Å². The summed E-state index contributed by atoms with van der Waals surface area (Å²) in [7, 11) is 3.36. The summed E-state index contributed by atoms with van der Waals surface area (Å²) in [5, 5.41) is 0.624. The van der Waals surface area contributed by atoms with Crippen molar-refractivity contribution in [2.45, 2.75) is 98.4 Å². The van der Waals surface area contributed by atoms with Gasteiger partial charge in [0.1, 0.15) is 30.3 Å². The monoisotopic (exact) mass is 1170 g/mol. The second kappa shape index (κ2) is 35.5. The van der Waals surface area contributed by atoms with Crippen LogP contribution in [0.5, 0.6) is 11.5 Å². The molecule has 9 nitrogen and oxygen atoms in total. The highest BCUT2D eigenvalue weighted by molar-refractivity contribution is 6.31. The molecule has 0 radical (unpaired) electrons. The van der Waals surface area contributed by atoms with Crippen molar-refractivity contribution >= 4 is 29.5 Å². The fourth-order valence-electron chi connectivity index (χ4n) is 9.45. The summed E-state index contributed by atoms with van der Waals surface area (Å²) in [6.45, 7) is 18.4. The highest BCUT2D eigenvalue weighted by atomic mass is 35.5. The Labute approximate surface area is 515 Å². The van der Waals surface area contributed by atoms with E-state index < -0.39 is 0 Å². The lowest BCUT2D eigenvalue weighted by molar-refractivity contribution is -0.152. The Morgan fingerprint density at radius 3 is 1.21 bits per heavy atom. The Morgan fingerprint density at radius 1 is 0.465 bits per heavy atom. The first-order valence-electron chi connectivity index (χ1n) is 28.8. The molecule has 86 heavy (non-hydrogen) atoms. The number of methoxy groups -OCH3 is 2. The molecule has 0 unspecified atom stereocenters. The molecule has 0 aliphatic heterocycles. The molecule has 0 saturated carbocycles. The van der Waals surface area contributed by atoms with Crippen molar-refractivity contribution in [1.29, 1.82) is 0 Å². The number of fused-ring (bicyclic) bond motifs is 3. The first-order chi connectivity index (χ1) is 41.4. The Balaban J connectivity index is 0.000000194. The smallest absolute Gasteiger partial charge is 0.303 e. The first-order valence-corrected chi connectivity index (χ1v) is 29.2. The summed E-state index contributed by atoms with van der Waals surface area (Å²) < 4.78 is 30.3. The Bertz CT molecular complexity index is 3210. The zero-order valence-corrected chi connectivity index (χ0v) is 52.4. The van der Waals surface area contributed by atoms with Crippen molar-refractivity contribution in [3.63, 3.8) is 0 Å². The van der Waals surface area contributed by atoms with Crippen molar-refractivity contribution < 1.29 is 42.8 Å². The van der Waals surface area contributed by atoms with Crippen molar-refractivity contribution in [2.75, 3.05) is 27.4 Å². The lowest BCUT2D eigenvalue weighted by atomic mass is 9.71. The van der Waals surface area contributed by atoms with E-state index in [1.54, 1.807) is 20.3 Å². The number of hydrogen-bond acceptors (Lipinski definition) is 9. The Hall–Kier alpha value is -8.76. The van der Waals surface area contributed by atoms with Crippen LogP contribution < -0.4 is 9.47 Å². The molecule has 10 heteroatoms. The van der Waals surface area contributed by atoms with Crippen LogP contribution in [0.25, 0.3) is 11.1 Å². The fraction of sp³-hybridized carbons (Fsp3) is 0.250. The SMILES string of the molecule is CC(=O)OC(C)(C)C.CC(=O)OCC1c2ccccc2-c2ccccc21.CC(=O)OCc1ccccc1Cl.CC(c1ccccc1)(c1ccccc1)c1ccccc1.CCOCc1ccccc1.COc1ccc(C(C)c2ccc(OC)cc2)cc1. The second-order valence-corrected chi connectivity index (χ2v) is 21.6. The van der Waals surface area contributed by atoms with Crippen molar-refractivity contribution in [3.05, 3.63) is 298 Å². The van der Waals surface area contributed by atoms with Gasteiger partial charge < -0.3 is 28.4 Å². The average molecular weight is 1180 g/mol. The Morgan fingerprint density at radius 2 is 0.849 bits per heavy atom. The topological polar surface area (TPSA) is 107 Å². The molecule has 0 heterocycles. The minimum Gasteiger partial charge on any atom is -0.497 e. The van der Waals surface area contributed by atoms with Gasteiger partial charge in [-0.05, 0) is 121 Å². The molecule has 0 spiro atoms. The minimum absolute atomic E-state index is 0.121. The summed E-state index contributed by atoms with van der Waals surface area (Å²) in [4.78, 5) is 31.7. The number of carbonyl (C=O) groups excluding carboxylic acids is 3. The standard InChI is InChI=1S/C20H18.C16H14O2.C16H18O2.C9H9ClO2.C9H12O.C6H12O2/c1-20(17-11-5-2-6-12-17,18-13-7-3-8-14-18)19-15-9-4-10-16-19;1-11(17)18-10-16-14-8-4-2-6-12(14)13-7-3-5-9-15(13)16;1-12(13-4-8-15(17-2)9-5-13)14-6-10-16(18-3)11-7-14;1-7(11)12-6-8-4-2-3-5-9(8)10;1-2-10-8-9-6-4-3-5-7-9;1-5(7)8-6(2,3)4/h2-16H,1H3;2-9,16H,10H2,1H3;4-12H,1-3H3;2-5H,6H2,1H3;3-7H,2,8H2,1H3;1-4H3. The van der Waals surface area contributed by atoms with E-state index in [9.17, 15) is 14.4 Å². The molecule has 0 saturated heterocycles. The molecule has 448 valence electrons. The quantitative estimate of drug-likeness (QED) is 0.0598. The van der Waals surface area contributed by atoms with Crippen LogP contribution in [0.1, 0.15) is 124 Å². The maximum Gasteiger partial charge on any atom is 0.303 e. The maximum absolute atomic E-state index is 11.0. The van der Waals surface area contributed by atoms with Gasteiger partial charge in [0, 0.05) is 55.2 Å². The van der Waals surface area contributed by atoms with Crippen LogP contribution in [-0.4, -0.2) is 50.9 Å². The van der Waals surface area contributed by atoms with Gasteiger partial charge in [-0.1, -0.05) is 231 Å². The van der Waals surface area contributed by atoms with E-state index in [1.807, 2.05) is 113 Å². The molecule has 0 bridgehead atoms. The van der Waals surface area contributed by atoms with Crippen molar-refractivity contribution in [2.24, 2.45) is 0 Å². The predicted molar refractivity (Wildman–Crippen MR) is 349 cm³/mol. The number of rotatable bonds is 14. The van der Waals surface area contributed by atoms with Gasteiger partial charge in [-0.15, -0.1) is 0 Å². The fourth-order valence-corrected chi connectivity index (χ4v) is 9.64. The molecule has 10 rings (SSSR count). The molecule has 1 aliphatic carbocycles. The molecule has 1 aliphatic rings. The molecule has 0 atom stereocenters. The maximum atomic E-state index is 11.0. The number of benzene rings is 9. The largest absolute Gasteiger partial charge is 0.497 e.